The van der Waals surface area contributed by atoms with Crippen LogP contribution in [0.3, 0.4) is 0 Å². The maximum absolute atomic E-state index is 12.7. The fourth-order valence-electron chi connectivity index (χ4n) is 5.25. The van der Waals surface area contributed by atoms with Crippen LogP contribution in [0.2, 0.25) is 0 Å². The van der Waals surface area contributed by atoms with Gasteiger partial charge in [-0.2, -0.15) is 0 Å². The number of allylic oxidation sites excluding steroid dienone is 12. The molecular weight excluding hydrogens is 781 g/mol. The van der Waals surface area contributed by atoms with E-state index in [-0.39, 0.29) is 26.1 Å². The summed E-state index contributed by atoms with van der Waals surface area (Å²) >= 11 is 0. The van der Waals surface area contributed by atoms with Crippen LogP contribution in [0.25, 0.3) is 0 Å². The fourth-order valence-corrected chi connectivity index (χ4v) is 5.99. The van der Waals surface area contributed by atoms with Gasteiger partial charge in [0.15, 0.2) is 6.10 Å². The molecule has 0 rings (SSSR count). The number of unbranched alkanes of at least 4 members (excludes halogenated alkanes) is 9. The summed E-state index contributed by atoms with van der Waals surface area (Å²) in [7, 11) is 1.32. The maximum Gasteiger partial charge on any atom is 0.472 e. The molecule has 3 N–H and O–H groups in total. The molecule has 0 aromatic carbocycles. The third kappa shape index (κ3) is 41.6. The minimum absolute atomic E-state index is 0.0143. The fraction of sp³-hybridized carbons (Fsp3) is 0.625. The van der Waals surface area contributed by atoms with Gasteiger partial charge in [0.1, 0.15) is 19.8 Å². The standard InChI is InChI=1S/C48H80NO10P/c1-6-8-10-11-12-13-14-15-16-17-18-19-23-26-32-38-47(52)56-42-46(43-58-60(54,55)57-41-40-49(3,4)5)59-48(53)39-33-27-31-37-45(51)36-30-25-22-20-21-24-29-35-44(50)34-28-9-7-2/h9,12-13,15-16,21-22,24-25,28-31,35-37,44-46,50-51H,6-8,10-11,14,17-20,23,26-27,32-34,38-43H2,1-5H3/p+1/b13-12-,16-15-,24-21-,25-22-,28-9-,35-29+,36-30+,37-31-/t44-,45-,46+/m0/s1. The monoisotopic (exact) mass is 863 g/mol. The molecule has 0 amide bonds. The van der Waals surface area contributed by atoms with Crippen LogP contribution in [0.15, 0.2) is 97.2 Å². The molecule has 11 nitrogen and oxygen atoms in total. The van der Waals surface area contributed by atoms with Crippen molar-refractivity contribution in [2.75, 3.05) is 47.5 Å². The highest BCUT2D eigenvalue weighted by Gasteiger charge is 2.27. The number of likely N-dealkylation sites (N-methyl/N-ethyl adjacent to an activating group) is 1. The molecule has 0 aliphatic carbocycles. The molecule has 0 fully saturated rings. The molecule has 342 valence electrons. The van der Waals surface area contributed by atoms with Crippen molar-refractivity contribution in [1.29, 1.82) is 0 Å². The lowest BCUT2D eigenvalue weighted by Crippen LogP contribution is -2.37. The SMILES string of the molecule is CC/C=C\C[C@H](O)/C=C/C=C\C/C=C\C=C\[C@H](O)/C=C\CCCC(=O)O[C@H](COC(=O)CCCCCCC/C=C\C/C=C\CCCCC)COP(=O)(O)OCC[N+](C)(C)C. The second kappa shape index (κ2) is 38.7. The van der Waals surface area contributed by atoms with Crippen molar-refractivity contribution in [2.45, 2.75) is 148 Å². The van der Waals surface area contributed by atoms with E-state index in [1.807, 2.05) is 63.7 Å². The highest BCUT2D eigenvalue weighted by atomic mass is 31.2. The summed E-state index contributed by atoms with van der Waals surface area (Å²) in [5, 5.41) is 20.0. The molecule has 0 aliphatic rings. The summed E-state index contributed by atoms with van der Waals surface area (Å²) in [4.78, 5) is 35.4. The molecule has 0 heterocycles. The molecule has 0 aromatic heterocycles. The summed E-state index contributed by atoms with van der Waals surface area (Å²) in [6.07, 6.45) is 43.9. The second-order valence-corrected chi connectivity index (χ2v) is 17.2. The second-order valence-electron chi connectivity index (χ2n) is 15.7. The smallest absolute Gasteiger partial charge is 0.462 e. The Kier molecular flexibility index (Phi) is 36.7. The Morgan fingerprint density at radius 2 is 1.25 bits per heavy atom. The first-order valence-electron chi connectivity index (χ1n) is 22.2. The zero-order valence-electron chi connectivity index (χ0n) is 37.6. The molecule has 60 heavy (non-hydrogen) atoms. The summed E-state index contributed by atoms with van der Waals surface area (Å²) in [6, 6.07) is 0. The topological polar surface area (TPSA) is 149 Å². The van der Waals surface area contributed by atoms with Gasteiger partial charge in [-0.1, -0.05) is 143 Å². The molecule has 0 saturated carbocycles. The lowest BCUT2D eigenvalue weighted by Gasteiger charge is -2.24. The number of phosphoric acid groups is 1. The Balaban J connectivity index is 4.66. The van der Waals surface area contributed by atoms with E-state index in [4.69, 9.17) is 18.5 Å². The molecule has 4 atom stereocenters. The van der Waals surface area contributed by atoms with E-state index in [1.54, 1.807) is 30.4 Å². The highest BCUT2D eigenvalue weighted by Crippen LogP contribution is 2.43. The first-order valence-corrected chi connectivity index (χ1v) is 23.7. The molecular formula is C48H81NO10P+. The molecule has 1 unspecified atom stereocenters. The van der Waals surface area contributed by atoms with Crippen LogP contribution < -0.4 is 0 Å². The van der Waals surface area contributed by atoms with Crippen LogP contribution >= 0.6 is 7.82 Å². The van der Waals surface area contributed by atoms with Crippen LogP contribution in [0, 0.1) is 0 Å². The Labute approximate surface area is 363 Å². The maximum atomic E-state index is 12.7. The van der Waals surface area contributed by atoms with E-state index in [0.29, 0.717) is 43.1 Å². The molecule has 0 radical (unpaired) electrons. The van der Waals surface area contributed by atoms with E-state index >= 15 is 0 Å². The number of esters is 2. The van der Waals surface area contributed by atoms with Crippen molar-refractivity contribution in [3.8, 4) is 0 Å². The van der Waals surface area contributed by atoms with Crippen molar-refractivity contribution in [1.82, 2.24) is 0 Å². The average molecular weight is 863 g/mol. The highest BCUT2D eigenvalue weighted by molar-refractivity contribution is 7.47. The number of rotatable bonds is 38. The summed E-state index contributed by atoms with van der Waals surface area (Å²) < 4.78 is 34.1. The first kappa shape index (κ1) is 56.9. The predicted octanol–water partition coefficient (Wildman–Crippen LogP) is 10.5. The Hall–Kier alpha value is -3.15. The van der Waals surface area contributed by atoms with Crippen molar-refractivity contribution < 1.29 is 52.3 Å². The number of ether oxygens (including phenoxy) is 2. The molecule has 0 spiro atoms. The van der Waals surface area contributed by atoms with E-state index in [2.05, 4.69) is 38.2 Å². The zero-order chi connectivity index (χ0) is 44.6. The van der Waals surface area contributed by atoms with Crippen molar-refractivity contribution in [3.05, 3.63) is 97.2 Å². The number of hydrogen-bond acceptors (Lipinski definition) is 9. The van der Waals surface area contributed by atoms with E-state index < -0.39 is 44.7 Å². The number of carbonyl (C=O) groups excluding carboxylic acids is 2. The first-order chi connectivity index (χ1) is 28.8. The molecule has 12 heteroatoms. The third-order valence-electron chi connectivity index (χ3n) is 8.77. The Bertz CT molecular complexity index is 1380. The van der Waals surface area contributed by atoms with Crippen molar-refractivity contribution in [3.63, 3.8) is 0 Å². The quantitative estimate of drug-likeness (QED) is 0.0137. The normalized spacial score (nSPS) is 15.5. The van der Waals surface area contributed by atoms with Gasteiger partial charge in [-0.25, -0.2) is 4.57 Å². The van der Waals surface area contributed by atoms with Gasteiger partial charge in [-0.05, 0) is 70.6 Å². The van der Waals surface area contributed by atoms with E-state index in [1.165, 1.54) is 19.3 Å². The molecule has 0 bridgehead atoms. The average Bonchev–Trinajstić information content (AvgIpc) is 3.19. The van der Waals surface area contributed by atoms with Crippen LogP contribution in [-0.4, -0.2) is 97.3 Å². The van der Waals surface area contributed by atoms with Gasteiger partial charge >= 0.3 is 19.8 Å². The van der Waals surface area contributed by atoms with E-state index in [0.717, 1.165) is 51.4 Å². The van der Waals surface area contributed by atoms with Gasteiger partial charge in [0.2, 0.25) is 0 Å². The van der Waals surface area contributed by atoms with Gasteiger partial charge in [0, 0.05) is 12.8 Å². The number of quaternary nitrogens is 1. The third-order valence-corrected chi connectivity index (χ3v) is 9.76. The summed E-state index contributed by atoms with van der Waals surface area (Å²) in [6.45, 7) is 3.93. The lowest BCUT2D eigenvalue weighted by molar-refractivity contribution is -0.870. The zero-order valence-corrected chi connectivity index (χ0v) is 38.5. The summed E-state index contributed by atoms with van der Waals surface area (Å²) in [5.41, 5.74) is 0. The number of phosphoric ester groups is 1. The minimum Gasteiger partial charge on any atom is -0.462 e. The number of nitrogens with zero attached hydrogens (tertiary/aromatic N) is 1. The van der Waals surface area contributed by atoms with Gasteiger partial charge < -0.3 is 29.1 Å². The van der Waals surface area contributed by atoms with Crippen LogP contribution in [0.4, 0.5) is 0 Å². The van der Waals surface area contributed by atoms with Crippen LogP contribution in [0.5, 0.6) is 0 Å². The Morgan fingerprint density at radius 1 is 0.633 bits per heavy atom. The van der Waals surface area contributed by atoms with Gasteiger partial charge in [-0.15, -0.1) is 0 Å². The number of aliphatic hydroxyl groups excluding tert-OH is 2. The molecule has 0 saturated heterocycles. The van der Waals surface area contributed by atoms with Crippen LogP contribution in [0.1, 0.15) is 129 Å². The van der Waals surface area contributed by atoms with Crippen LogP contribution in [-0.2, 0) is 32.7 Å². The van der Waals surface area contributed by atoms with E-state index in [9.17, 15) is 29.3 Å². The van der Waals surface area contributed by atoms with Crippen molar-refractivity contribution in [2.24, 2.45) is 0 Å². The van der Waals surface area contributed by atoms with Crippen molar-refractivity contribution >= 4 is 19.8 Å². The molecule has 0 aromatic rings. The summed E-state index contributed by atoms with van der Waals surface area (Å²) in [5.74, 6) is -1.01. The number of aliphatic hydroxyl groups is 2. The Morgan fingerprint density at radius 3 is 1.93 bits per heavy atom. The van der Waals surface area contributed by atoms with Gasteiger partial charge in [0.25, 0.3) is 0 Å². The van der Waals surface area contributed by atoms with Gasteiger partial charge in [-0.3, -0.25) is 18.6 Å². The number of carbonyl (C=O) groups is 2. The van der Waals surface area contributed by atoms with Gasteiger partial charge in [0.05, 0.1) is 40.0 Å². The number of hydrogen-bond donors (Lipinski definition) is 3. The molecule has 0 aliphatic heterocycles. The largest absolute Gasteiger partial charge is 0.472 e. The predicted molar refractivity (Wildman–Crippen MR) is 245 cm³/mol. The lowest BCUT2D eigenvalue weighted by atomic mass is 10.1. The minimum atomic E-state index is -4.44.